The van der Waals surface area contributed by atoms with Crippen molar-refractivity contribution in [2.45, 2.75) is 24.6 Å². The number of rotatable bonds is 8. The molecule has 1 aliphatic heterocycles. The van der Waals surface area contributed by atoms with Gasteiger partial charge < -0.3 is 14.2 Å². The first kappa shape index (κ1) is 20.7. The molecular formula is C22H22FNO5. The van der Waals surface area contributed by atoms with E-state index in [2.05, 4.69) is 11.9 Å². The maximum atomic E-state index is 14.9. The van der Waals surface area contributed by atoms with Gasteiger partial charge in [-0.25, -0.2) is 14.0 Å². The quantitative estimate of drug-likeness (QED) is 0.544. The van der Waals surface area contributed by atoms with Crippen LogP contribution >= 0.6 is 0 Å². The van der Waals surface area contributed by atoms with E-state index in [9.17, 15) is 14.0 Å². The van der Waals surface area contributed by atoms with Gasteiger partial charge in [0.1, 0.15) is 18.9 Å². The van der Waals surface area contributed by atoms with Crippen LogP contribution in [0.3, 0.4) is 0 Å². The van der Waals surface area contributed by atoms with Gasteiger partial charge in [-0.1, -0.05) is 42.5 Å². The summed E-state index contributed by atoms with van der Waals surface area (Å²) in [5, 5.41) is 2.83. The van der Waals surface area contributed by atoms with Crippen LogP contribution in [0.4, 0.5) is 4.39 Å². The van der Waals surface area contributed by atoms with Crippen LogP contribution in [-0.4, -0.2) is 49.7 Å². The molecule has 1 unspecified atom stereocenters. The maximum Gasteiger partial charge on any atom is 0.338 e. The Hall–Kier alpha value is -3.03. The lowest BCUT2D eigenvalue weighted by Crippen LogP contribution is -2.40. The summed E-state index contributed by atoms with van der Waals surface area (Å²) in [6.45, 7) is 3.62. The van der Waals surface area contributed by atoms with Crippen LogP contribution < -0.4 is 5.32 Å². The number of halogens is 1. The van der Waals surface area contributed by atoms with Crippen LogP contribution in [0.25, 0.3) is 0 Å². The Balaban J connectivity index is 1.68. The smallest absolute Gasteiger partial charge is 0.338 e. The van der Waals surface area contributed by atoms with Crippen molar-refractivity contribution in [3.05, 3.63) is 84.4 Å². The van der Waals surface area contributed by atoms with Gasteiger partial charge in [-0.2, -0.15) is 0 Å². The average molecular weight is 399 g/mol. The highest BCUT2D eigenvalue weighted by Crippen LogP contribution is 2.27. The molecule has 1 heterocycles. The minimum atomic E-state index is -1.64. The van der Waals surface area contributed by atoms with Crippen molar-refractivity contribution >= 4 is 11.9 Å². The lowest BCUT2D eigenvalue weighted by atomic mass is 10.1. The van der Waals surface area contributed by atoms with E-state index in [4.69, 9.17) is 14.2 Å². The van der Waals surface area contributed by atoms with Gasteiger partial charge in [-0.3, -0.25) is 5.32 Å². The number of esters is 2. The second-order valence-electron chi connectivity index (χ2n) is 6.44. The van der Waals surface area contributed by atoms with Crippen molar-refractivity contribution in [3.63, 3.8) is 0 Å². The molecule has 1 fully saturated rings. The summed E-state index contributed by atoms with van der Waals surface area (Å²) in [7, 11) is 0. The number of carbonyl (C=O) groups excluding carboxylic acids is 2. The molecule has 0 spiro atoms. The molecule has 0 aromatic heterocycles. The lowest BCUT2D eigenvalue weighted by molar-refractivity contribution is -0.0470. The first-order valence-corrected chi connectivity index (χ1v) is 9.22. The van der Waals surface area contributed by atoms with Crippen molar-refractivity contribution in [2.75, 3.05) is 13.2 Å². The summed E-state index contributed by atoms with van der Waals surface area (Å²) in [5.41, 5.74) is 0.656. The molecule has 4 atom stereocenters. The molecule has 2 aromatic carbocycles. The molecule has 0 radical (unpaired) electrons. The minimum absolute atomic E-state index is 0.257. The fourth-order valence-corrected chi connectivity index (χ4v) is 2.93. The summed E-state index contributed by atoms with van der Waals surface area (Å²) in [4.78, 5) is 24.6. The molecule has 0 saturated carbocycles. The number of benzene rings is 2. The third-order valence-corrected chi connectivity index (χ3v) is 4.40. The molecular weight excluding hydrogens is 377 g/mol. The molecule has 0 aliphatic carbocycles. The first-order chi connectivity index (χ1) is 14.1. The number of ether oxygens (including phenoxy) is 3. The molecule has 7 heteroatoms. The molecule has 1 aliphatic rings. The van der Waals surface area contributed by atoms with Gasteiger partial charge >= 0.3 is 11.9 Å². The highest BCUT2D eigenvalue weighted by Gasteiger charge is 2.48. The fourth-order valence-electron chi connectivity index (χ4n) is 2.93. The summed E-state index contributed by atoms with van der Waals surface area (Å²) >= 11 is 0. The molecule has 6 nitrogen and oxygen atoms in total. The van der Waals surface area contributed by atoms with Crippen LogP contribution in [0, 0.1) is 0 Å². The van der Waals surface area contributed by atoms with Crippen molar-refractivity contribution in [1.82, 2.24) is 5.32 Å². The van der Waals surface area contributed by atoms with E-state index < -0.39 is 36.5 Å². The Bertz CT molecular complexity index is 830. The van der Waals surface area contributed by atoms with Crippen LogP contribution in [0.15, 0.2) is 73.3 Å². The predicted octanol–water partition coefficient (Wildman–Crippen LogP) is 2.91. The number of hydrogen-bond donors (Lipinski definition) is 1. The van der Waals surface area contributed by atoms with Gasteiger partial charge in [0.05, 0.1) is 11.1 Å². The average Bonchev–Trinajstić information content (AvgIpc) is 3.06. The normalized spacial score (nSPS) is 23.3. The van der Waals surface area contributed by atoms with E-state index in [0.29, 0.717) is 17.7 Å². The highest BCUT2D eigenvalue weighted by atomic mass is 19.1. The van der Waals surface area contributed by atoms with Gasteiger partial charge in [0.25, 0.3) is 0 Å². The Labute approximate surface area is 168 Å². The number of carbonyl (C=O) groups is 2. The molecule has 0 amide bonds. The van der Waals surface area contributed by atoms with Gasteiger partial charge in [0.15, 0.2) is 12.3 Å². The molecule has 3 rings (SSSR count). The standard InChI is InChI=1S/C22H22FNO5/c1-2-13-24-20-18(23)19(29-22(26)16-11-7-4-8-12-16)17(28-20)14-27-21(25)15-9-5-3-6-10-15/h2-12,17-20,24H,1,13-14H2/t17-,18+,19-,20?/m1/s1. The third kappa shape index (κ3) is 5.28. The zero-order chi connectivity index (χ0) is 20.6. The van der Waals surface area contributed by atoms with Gasteiger partial charge in [-0.15, -0.1) is 6.58 Å². The fraction of sp³-hybridized carbons (Fsp3) is 0.273. The van der Waals surface area contributed by atoms with E-state index in [-0.39, 0.29) is 6.61 Å². The zero-order valence-electron chi connectivity index (χ0n) is 15.7. The SMILES string of the molecule is C=CCNC1O[C@H](COC(=O)c2ccccc2)[C@@H](OC(=O)c2ccccc2)[C@@H]1F. The molecule has 1 saturated heterocycles. The van der Waals surface area contributed by atoms with E-state index >= 15 is 0 Å². The van der Waals surface area contributed by atoms with Crippen LogP contribution in [0.5, 0.6) is 0 Å². The summed E-state index contributed by atoms with van der Waals surface area (Å²) in [5.74, 6) is -1.24. The highest BCUT2D eigenvalue weighted by molar-refractivity contribution is 5.90. The van der Waals surface area contributed by atoms with E-state index in [1.54, 1.807) is 66.7 Å². The van der Waals surface area contributed by atoms with Crippen LogP contribution in [0.2, 0.25) is 0 Å². The Kier molecular flexibility index (Phi) is 7.10. The maximum absolute atomic E-state index is 14.9. The van der Waals surface area contributed by atoms with Crippen LogP contribution in [0.1, 0.15) is 20.7 Å². The summed E-state index contributed by atoms with van der Waals surface area (Å²) in [6, 6.07) is 16.7. The number of hydrogen-bond acceptors (Lipinski definition) is 6. The Morgan fingerprint density at radius 1 is 1.03 bits per heavy atom. The van der Waals surface area contributed by atoms with Crippen LogP contribution in [-0.2, 0) is 14.2 Å². The minimum Gasteiger partial charge on any atom is -0.459 e. The van der Waals surface area contributed by atoms with Crippen molar-refractivity contribution in [2.24, 2.45) is 0 Å². The second-order valence-corrected chi connectivity index (χ2v) is 6.44. The first-order valence-electron chi connectivity index (χ1n) is 9.22. The van der Waals surface area contributed by atoms with Crippen molar-refractivity contribution in [1.29, 1.82) is 0 Å². The Morgan fingerprint density at radius 2 is 1.62 bits per heavy atom. The molecule has 2 aromatic rings. The number of nitrogens with one attached hydrogen (secondary N) is 1. The van der Waals surface area contributed by atoms with E-state index in [0.717, 1.165) is 0 Å². The van der Waals surface area contributed by atoms with Crippen molar-refractivity contribution < 1.29 is 28.2 Å². The monoisotopic (exact) mass is 399 g/mol. The van der Waals surface area contributed by atoms with E-state index in [1.165, 1.54) is 0 Å². The molecule has 0 bridgehead atoms. The molecule has 152 valence electrons. The van der Waals surface area contributed by atoms with E-state index in [1.807, 2.05) is 0 Å². The zero-order valence-corrected chi connectivity index (χ0v) is 15.7. The largest absolute Gasteiger partial charge is 0.459 e. The molecule has 29 heavy (non-hydrogen) atoms. The third-order valence-electron chi connectivity index (χ3n) is 4.40. The Morgan fingerprint density at radius 3 is 2.21 bits per heavy atom. The van der Waals surface area contributed by atoms with Crippen molar-refractivity contribution in [3.8, 4) is 0 Å². The lowest BCUT2D eigenvalue weighted by Gasteiger charge is -2.19. The van der Waals surface area contributed by atoms with Gasteiger partial charge in [-0.05, 0) is 24.3 Å². The molecule has 1 N–H and O–H groups in total. The van der Waals surface area contributed by atoms with Gasteiger partial charge in [0, 0.05) is 6.54 Å². The topological polar surface area (TPSA) is 73.9 Å². The van der Waals surface area contributed by atoms with Gasteiger partial charge in [0.2, 0.25) is 0 Å². The summed E-state index contributed by atoms with van der Waals surface area (Å²) < 4.78 is 31.2. The number of alkyl halides is 1. The summed E-state index contributed by atoms with van der Waals surface area (Å²) in [6.07, 6.45) is -3.27. The second kappa shape index (κ2) is 9.95. The predicted molar refractivity (Wildman–Crippen MR) is 104 cm³/mol.